The average molecular weight is 374 g/mol. The van der Waals surface area contributed by atoms with Gasteiger partial charge in [-0.2, -0.15) is 5.26 Å². The monoisotopic (exact) mass is 373 g/mol. The number of rotatable bonds is 7. The first kappa shape index (κ1) is 17.7. The van der Waals surface area contributed by atoms with Crippen molar-refractivity contribution in [2.75, 3.05) is 11.1 Å². The zero-order chi connectivity index (χ0) is 17.9. The molecular formula is C17H19N5OS2. The summed E-state index contributed by atoms with van der Waals surface area (Å²) in [5.41, 5.74) is 1.36. The first-order chi connectivity index (χ1) is 12.0. The van der Waals surface area contributed by atoms with Crippen LogP contribution in [0.25, 0.3) is 0 Å². The van der Waals surface area contributed by atoms with Gasteiger partial charge in [-0.15, -0.1) is 10.2 Å². The van der Waals surface area contributed by atoms with Crippen LogP contribution in [0.4, 0.5) is 10.8 Å². The van der Waals surface area contributed by atoms with Gasteiger partial charge in [0.25, 0.3) is 0 Å². The van der Waals surface area contributed by atoms with Crippen LogP contribution < -0.4 is 10.6 Å². The predicted molar refractivity (Wildman–Crippen MR) is 100.0 cm³/mol. The molecule has 2 aromatic rings. The van der Waals surface area contributed by atoms with Gasteiger partial charge < -0.3 is 10.6 Å². The zero-order valence-electron chi connectivity index (χ0n) is 14.1. The van der Waals surface area contributed by atoms with E-state index >= 15 is 0 Å². The second-order valence-corrected chi connectivity index (χ2v) is 8.44. The van der Waals surface area contributed by atoms with Crippen LogP contribution in [0.15, 0.2) is 28.6 Å². The van der Waals surface area contributed by atoms with Crippen molar-refractivity contribution in [3.05, 3.63) is 29.8 Å². The van der Waals surface area contributed by atoms with Crippen molar-refractivity contribution in [2.24, 2.45) is 5.92 Å². The Morgan fingerprint density at radius 3 is 2.88 bits per heavy atom. The average Bonchev–Trinajstić information content (AvgIpc) is 3.37. The number of anilines is 2. The molecular weight excluding hydrogens is 354 g/mol. The van der Waals surface area contributed by atoms with Crippen molar-refractivity contribution in [3.63, 3.8) is 0 Å². The summed E-state index contributed by atoms with van der Waals surface area (Å²) in [6.45, 7) is 3.82. The number of hydrogen-bond donors (Lipinski definition) is 2. The third-order valence-electron chi connectivity index (χ3n) is 4.15. The fourth-order valence-electron chi connectivity index (χ4n) is 2.48. The van der Waals surface area contributed by atoms with Gasteiger partial charge in [-0.1, -0.05) is 41.3 Å². The van der Waals surface area contributed by atoms with Gasteiger partial charge in [0.05, 0.1) is 11.8 Å². The van der Waals surface area contributed by atoms with Crippen LogP contribution in [-0.4, -0.2) is 27.4 Å². The Balaban J connectivity index is 1.52. The summed E-state index contributed by atoms with van der Waals surface area (Å²) in [5.74, 6) is 0.352. The van der Waals surface area contributed by atoms with Crippen LogP contribution in [0, 0.1) is 24.2 Å². The number of amides is 1. The van der Waals surface area contributed by atoms with E-state index in [1.165, 1.54) is 23.1 Å². The largest absolute Gasteiger partial charge is 0.337 e. The lowest BCUT2D eigenvalue weighted by Gasteiger charge is -2.22. The molecule has 1 saturated carbocycles. The smallest absolute Gasteiger partial charge is 0.231 e. The van der Waals surface area contributed by atoms with E-state index in [4.69, 9.17) is 0 Å². The Bertz CT molecular complexity index is 811. The quantitative estimate of drug-likeness (QED) is 0.722. The van der Waals surface area contributed by atoms with Crippen LogP contribution in [0.2, 0.25) is 0 Å². The molecule has 1 fully saturated rings. The Labute approximate surface area is 155 Å². The maximum absolute atomic E-state index is 12.1. The molecule has 1 aliphatic rings. The molecule has 25 heavy (non-hydrogen) atoms. The van der Waals surface area contributed by atoms with Gasteiger partial charge in [0.1, 0.15) is 5.54 Å². The van der Waals surface area contributed by atoms with E-state index in [-0.39, 0.29) is 17.6 Å². The lowest BCUT2D eigenvalue weighted by molar-refractivity contribution is -0.119. The van der Waals surface area contributed by atoms with Gasteiger partial charge in [0, 0.05) is 5.69 Å². The summed E-state index contributed by atoms with van der Waals surface area (Å²) in [4.78, 5) is 12.1. The van der Waals surface area contributed by atoms with Crippen LogP contribution in [-0.2, 0) is 4.79 Å². The molecule has 1 aliphatic carbocycles. The van der Waals surface area contributed by atoms with Crippen molar-refractivity contribution in [3.8, 4) is 6.07 Å². The molecule has 8 heteroatoms. The van der Waals surface area contributed by atoms with E-state index in [9.17, 15) is 10.1 Å². The number of para-hydroxylation sites is 1. The third kappa shape index (κ3) is 4.50. The summed E-state index contributed by atoms with van der Waals surface area (Å²) < 4.78 is 0.719. The SMILES string of the molecule is Cc1ccccc1Nc1nnc(SCC(=O)N[C@@](C)(C#N)C2CC2)s1. The molecule has 0 radical (unpaired) electrons. The number of carbonyl (C=O) groups is 1. The fourth-order valence-corrected chi connectivity index (χ4v) is 4.05. The van der Waals surface area contributed by atoms with Crippen LogP contribution in [0.5, 0.6) is 0 Å². The number of nitrogens with zero attached hydrogens (tertiary/aromatic N) is 3. The molecule has 1 aromatic carbocycles. The Morgan fingerprint density at radius 2 is 2.20 bits per heavy atom. The maximum Gasteiger partial charge on any atom is 0.231 e. The molecule has 0 unspecified atom stereocenters. The number of nitrogens with one attached hydrogen (secondary N) is 2. The molecule has 6 nitrogen and oxygen atoms in total. The van der Waals surface area contributed by atoms with Crippen LogP contribution in [0.1, 0.15) is 25.3 Å². The van der Waals surface area contributed by atoms with Gasteiger partial charge >= 0.3 is 0 Å². The van der Waals surface area contributed by atoms with Crippen molar-refractivity contribution in [1.29, 1.82) is 5.26 Å². The van der Waals surface area contributed by atoms with Crippen LogP contribution in [0.3, 0.4) is 0 Å². The predicted octanol–water partition coefficient (Wildman–Crippen LogP) is 3.49. The maximum atomic E-state index is 12.1. The van der Waals surface area contributed by atoms with E-state index in [0.29, 0.717) is 5.13 Å². The Hall–Kier alpha value is -2.11. The summed E-state index contributed by atoms with van der Waals surface area (Å²) >= 11 is 2.74. The van der Waals surface area contributed by atoms with Crippen LogP contribution >= 0.6 is 23.1 Å². The minimum Gasteiger partial charge on any atom is -0.337 e. The topological polar surface area (TPSA) is 90.7 Å². The summed E-state index contributed by atoms with van der Waals surface area (Å²) in [7, 11) is 0. The molecule has 3 rings (SSSR count). The highest BCUT2D eigenvalue weighted by molar-refractivity contribution is 8.01. The first-order valence-electron chi connectivity index (χ1n) is 8.01. The highest BCUT2D eigenvalue weighted by Gasteiger charge is 2.42. The molecule has 2 N–H and O–H groups in total. The van der Waals surface area contributed by atoms with E-state index in [2.05, 4.69) is 26.9 Å². The molecule has 0 spiro atoms. The summed E-state index contributed by atoms with van der Waals surface area (Å²) in [6, 6.07) is 10.2. The fraction of sp³-hybridized carbons (Fsp3) is 0.412. The molecule has 0 bridgehead atoms. The van der Waals surface area contributed by atoms with Gasteiger partial charge in [0.2, 0.25) is 11.0 Å². The van der Waals surface area contributed by atoms with Crippen molar-refractivity contribution >= 4 is 39.8 Å². The third-order valence-corrected chi connectivity index (χ3v) is 6.12. The van der Waals surface area contributed by atoms with Gasteiger partial charge in [-0.3, -0.25) is 4.79 Å². The molecule has 1 heterocycles. The molecule has 130 valence electrons. The normalized spacial score (nSPS) is 15.9. The van der Waals surface area contributed by atoms with E-state index in [1.807, 2.05) is 31.2 Å². The van der Waals surface area contributed by atoms with Gasteiger partial charge in [-0.05, 0) is 44.2 Å². The number of hydrogen-bond acceptors (Lipinski definition) is 7. The molecule has 0 saturated heterocycles. The molecule has 0 aliphatic heterocycles. The zero-order valence-corrected chi connectivity index (χ0v) is 15.7. The van der Waals surface area contributed by atoms with Crippen molar-refractivity contribution in [2.45, 2.75) is 36.6 Å². The number of benzene rings is 1. The molecule has 1 amide bonds. The molecule has 1 atom stereocenters. The van der Waals surface area contributed by atoms with Gasteiger partial charge in [0.15, 0.2) is 4.34 Å². The van der Waals surface area contributed by atoms with E-state index in [0.717, 1.165) is 28.4 Å². The number of thioether (sulfide) groups is 1. The Morgan fingerprint density at radius 1 is 1.44 bits per heavy atom. The number of nitriles is 1. The van der Waals surface area contributed by atoms with Crippen molar-refractivity contribution in [1.82, 2.24) is 15.5 Å². The number of aromatic nitrogens is 2. The second kappa shape index (κ2) is 7.42. The minimum absolute atomic E-state index is 0.149. The number of carbonyl (C=O) groups excluding carboxylic acids is 1. The first-order valence-corrected chi connectivity index (χ1v) is 9.81. The summed E-state index contributed by atoms with van der Waals surface area (Å²) in [5, 5.41) is 24.3. The number of aryl methyl sites for hydroxylation is 1. The Kier molecular flexibility index (Phi) is 5.25. The highest BCUT2D eigenvalue weighted by atomic mass is 32.2. The van der Waals surface area contributed by atoms with Gasteiger partial charge in [-0.25, -0.2) is 0 Å². The highest BCUT2D eigenvalue weighted by Crippen LogP contribution is 2.39. The molecule has 1 aromatic heterocycles. The lowest BCUT2D eigenvalue weighted by Crippen LogP contribution is -2.47. The van der Waals surface area contributed by atoms with Crippen molar-refractivity contribution < 1.29 is 4.79 Å². The minimum atomic E-state index is -0.754. The standard InChI is InChI=1S/C17H19N5OS2/c1-11-5-3-4-6-13(11)19-15-21-22-16(25-15)24-9-14(23)20-17(2,10-18)12-7-8-12/h3-6,12H,7-9H2,1-2H3,(H,19,21)(H,20,23)/t17-/m0/s1. The lowest BCUT2D eigenvalue weighted by atomic mass is 9.98. The van der Waals surface area contributed by atoms with E-state index < -0.39 is 5.54 Å². The summed E-state index contributed by atoms with van der Waals surface area (Å²) in [6.07, 6.45) is 2.00. The second-order valence-electron chi connectivity index (χ2n) is 6.24. The van der Waals surface area contributed by atoms with E-state index in [1.54, 1.807) is 6.92 Å².